The van der Waals surface area contributed by atoms with Gasteiger partial charge in [0.15, 0.2) is 4.67 Å². The maximum absolute atomic E-state index is 5.48. The number of hydrogen-bond donors (Lipinski definition) is 0. The van der Waals surface area contributed by atoms with Gasteiger partial charge in [0.25, 0.3) is 0 Å². The topological polar surface area (TPSA) is 26.0 Å². The number of fused-ring (bicyclic) bond motifs is 2. The molecule has 0 bridgehead atoms. The molecule has 0 N–H and O–H groups in total. The standard InChI is InChI=1S/C13H10BrNO/c1-2-8-4-3-5-9-6-10-7-11(14)16-13(10)15-12(8)9/h3-7H,2H2,1H3. The molecule has 3 aromatic rings. The lowest BCUT2D eigenvalue weighted by atomic mass is 10.1. The van der Waals surface area contributed by atoms with E-state index in [2.05, 4.69) is 52.1 Å². The number of pyridine rings is 1. The molecule has 2 nitrogen and oxygen atoms in total. The Labute approximate surface area is 101 Å². The van der Waals surface area contributed by atoms with E-state index in [4.69, 9.17) is 4.42 Å². The minimum Gasteiger partial charge on any atom is -0.431 e. The van der Waals surface area contributed by atoms with Gasteiger partial charge in [0, 0.05) is 16.8 Å². The SMILES string of the molecule is CCc1cccc2cc3cc(Br)oc3nc12. The molecule has 0 unspecified atom stereocenters. The van der Waals surface area contributed by atoms with Crippen LogP contribution in [0.3, 0.4) is 0 Å². The third kappa shape index (κ3) is 1.43. The van der Waals surface area contributed by atoms with Crippen LogP contribution >= 0.6 is 15.9 Å². The quantitative estimate of drug-likeness (QED) is 0.662. The Morgan fingerprint density at radius 3 is 2.94 bits per heavy atom. The predicted molar refractivity (Wildman–Crippen MR) is 68.6 cm³/mol. The lowest BCUT2D eigenvalue weighted by molar-refractivity contribution is 0.577. The van der Waals surface area contributed by atoms with Gasteiger partial charge in [-0.1, -0.05) is 25.1 Å². The van der Waals surface area contributed by atoms with E-state index in [9.17, 15) is 0 Å². The molecule has 2 aromatic heterocycles. The zero-order valence-electron chi connectivity index (χ0n) is 8.83. The zero-order chi connectivity index (χ0) is 11.1. The number of furan rings is 1. The van der Waals surface area contributed by atoms with Gasteiger partial charge in [0.1, 0.15) is 0 Å². The van der Waals surface area contributed by atoms with E-state index in [1.165, 1.54) is 10.9 Å². The van der Waals surface area contributed by atoms with Crippen LogP contribution < -0.4 is 0 Å². The molecule has 0 atom stereocenters. The van der Waals surface area contributed by atoms with Crippen LogP contribution in [0, 0.1) is 0 Å². The number of nitrogens with zero attached hydrogens (tertiary/aromatic N) is 1. The van der Waals surface area contributed by atoms with Crippen molar-refractivity contribution in [1.82, 2.24) is 4.98 Å². The minimum absolute atomic E-state index is 0.695. The first-order valence-corrected chi connectivity index (χ1v) is 6.05. The monoisotopic (exact) mass is 275 g/mol. The van der Waals surface area contributed by atoms with Gasteiger partial charge in [-0.25, -0.2) is 4.98 Å². The lowest BCUT2D eigenvalue weighted by Gasteiger charge is -2.02. The van der Waals surface area contributed by atoms with Crippen LogP contribution in [0.2, 0.25) is 0 Å². The summed E-state index contributed by atoms with van der Waals surface area (Å²) in [5, 5.41) is 2.20. The van der Waals surface area contributed by atoms with Crippen molar-refractivity contribution < 1.29 is 4.42 Å². The van der Waals surface area contributed by atoms with Gasteiger partial charge < -0.3 is 4.42 Å². The fourth-order valence-electron chi connectivity index (χ4n) is 1.97. The van der Waals surface area contributed by atoms with Crippen LogP contribution in [0.1, 0.15) is 12.5 Å². The zero-order valence-corrected chi connectivity index (χ0v) is 10.4. The van der Waals surface area contributed by atoms with Crippen molar-refractivity contribution in [2.45, 2.75) is 13.3 Å². The molecule has 3 heteroatoms. The molecular weight excluding hydrogens is 266 g/mol. The average molecular weight is 276 g/mol. The molecule has 0 fully saturated rings. The number of benzene rings is 1. The van der Waals surface area contributed by atoms with E-state index < -0.39 is 0 Å². The maximum Gasteiger partial charge on any atom is 0.228 e. The van der Waals surface area contributed by atoms with Crippen molar-refractivity contribution >= 4 is 37.9 Å². The van der Waals surface area contributed by atoms with Gasteiger partial charge in [0.05, 0.1) is 5.52 Å². The van der Waals surface area contributed by atoms with Gasteiger partial charge in [-0.3, -0.25) is 0 Å². The highest BCUT2D eigenvalue weighted by Gasteiger charge is 2.07. The van der Waals surface area contributed by atoms with Gasteiger partial charge in [-0.15, -0.1) is 0 Å². The number of hydrogen-bond acceptors (Lipinski definition) is 2. The van der Waals surface area contributed by atoms with E-state index in [1.54, 1.807) is 0 Å². The molecule has 0 aliphatic rings. The normalized spacial score (nSPS) is 11.4. The molecule has 0 spiro atoms. The van der Waals surface area contributed by atoms with Gasteiger partial charge in [-0.2, -0.15) is 0 Å². The minimum atomic E-state index is 0.695. The lowest BCUT2D eigenvalue weighted by Crippen LogP contribution is -1.86. The summed E-state index contributed by atoms with van der Waals surface area (Å²) in [5.74, 6) is 0. The van der Waals surface area contributed by atoms with Crippen LogP contribution in [-0.2, 0) is 6.42 Å². The fraction of sp³-hybridized carbons (Fsp3) is 0.154. The van der Waals surface area contributed by atoms with Crippen LogP contribution in [0.4, 0.5) is 0 Å². The number of halogens is 1. The molecule has 1 aromatic carbocycles. The summed E-state index contributed by atoms with van der Waals surface area (Å²) in [6, 6.07) is 10.3. The van der Waals surface area contributed by atoms with E-state index in [0.717, 1.165) is 22.0 Å². The van der Waals surface area contributed by atoms with Crippen LogP contribution in [0.25, 0.3) is 22.0 Å². The third-order valence-corrected chi connectivity index (χ3v) is 3.16. The van der Waals surface area contributed by atoms with E-state index >= 15 is 0 Å². The maximum atomic E-state index is 5.48. The Hall–Kier alpha value is -1.35. The number of para-hydroxylation sites is 1. The van der Waals surface area contributed by atoms with Crippen molar-refractivity contribution in [3.05, 3.63) is 40.6 Å². The Balaban J connectivity index is 2.45. The molecule has 0 aliphatic carbocycles. The number of rotatable bonds is 1. The summed E-state index contributed by atoms with van der Waals surface area (Å²) >= 11 is 3.33. The Morgan fingerprint density at radius 1 is 1.25 bits per heavy atom. The molecule has 0 amide bonds. The average Bonchev–Trinajstić information content (AvgIpc) is 2.64. The van der Waals surface area contributed by atoms with Gasteiger partial charge in [-0.05, 0) is 34.0 Å². The summed E-state index contributed by atoms with van der Waals surface area (Å²) in [4.78, 5) is 4.57. The van der Waals surface area contributed by atoms with Crippen LogP contribution in [0.15, 0.2) is 39.4 Å². The summed E-state index contributed by atoms with van der Waals surface area (Å²) in [6.45, 7) is 2.14. The predicted octanol–water partition coefficient (Wildman–Crippen LogP) is 4.31. The Kier molecular flexibility index (Phi) is 2.21. The highest BCUT2D eigenvalue weighted by atomic mass is 79.9. The van der Waals surface area contributed by atoms with Gasteiger partial charge >= 0.3 is 0 Å². The van der Waals surface area contributed by atoms with Gasteiger partial charge in [0.2, 0.25) is 5.71 Å². The first kappa shape index (κ1) is 9.85. The van der Waals surface area contributed by atoms with Crippen molar-refractivity contribution in [2.75, 3.05) is 0 Å². The fourth-order valence-corrected chi connectivity index (χ4v) is 2.37. The number of aromatic nitrogens is 1. The summed E-state index contributed by atoms with van der Waals surface area (Å²) < 4.78 is 6.21. The number of aryl methyl sites for hydroxylation is 1. The highest BCUT2D eigenvalue weighted by molar-refractivity contribution is 9.10. The second-order valence-corrected chi connectivity index (χ2v) is 4.56. The Morgan fingerprint density at radius 2 is 2.12 bits per heavy atom. The first-order valence-electron chi connectivity index (χ1n) is 5.25. The van der Waals surface area contributed by atoms with E-state index in [0.29, 0.717) is 5.71 Å². The third-order valence-electron chi connectivity index (χ3n) is 2.77. The summed E-state index contributed by atoms with van der Waals surface area (Å²) in [7, 11) is 0. The first-order chi connectivity index (χ1) is 7.78. The van der Waals surface area contributed by atoms with Crippen molar-refractivity contribution in [3.8, 4) is 0 Å². The van der Waals surface area contributed by atoms with Crippen molar-refractivity contribution in [2.24, 2.45) is 0 Å². The van der Waals surface area contributed by atoms with E-state index in [-0.39, 0.29) is 0 Å². The second-order valence-electron chi connectivity index (χ2n) is 3.78. The highest BCUT2D eigenvalue weighted by Crippen LogP contribution is 2.27. The van der Waals surface area contributed by atoms with E-state index in [1.807, 2.05) is 6.07 Å². The van der Waals surface area contributed by atoms with Crippen LogP contribution in [-0.4, -0.2) is 4.98 Å². The van der Waals surface area contributed by atoms with Crippen LogP contribution in [0.5, 0.6) is 0 Å². The summed E-state index contributed by atoms with van der Waals surface area (Å²) in [6.07, 6.45) is 0.984. The summed E-state index contributed by atoms with van der Waals surface area (Å²) in [5.41, 5.74) is 2.99. The molecule has 0 radical (unpaired) electrons. The molecule has 0 aliphatic heterocycles. The molecule has 80 valence electrons. The molecular formula is C13H10BrNO. The molecule has 0 saturated heterocycles. The molecule has 3 rings (SSSR count). The van der Waals surface area contributed by atoms with Crippen molar-refractivity contribution in [3.63, 3.8) is 0 Å². The molecule has 16 heavy (non-hydrogen) atoms. The Bertz CT molecular complexity index is 672. The van der Waals surface area contributed by atoms with Crippen molar-refractivity contribution in [1.29, 1.82) is 0 Å². The molecule has 0 saturated carbocycles. The molecule has 2 heterocycles. The smallest absolute Gasteiger partial charge is 0.228 e. The largest absolute Gasteiger partial charge is 0.431 e. The second kappa shape index (κ2) is 3.59.